The van der Waals surface area contributed by atoms with E-state index in [9.17, 15) is 0 Å². The molecule has 0 fully saturated rings. The molecular weight excluding hydrogens is 306 g/mol. The Balaban J connectivity index is 1.39. The normalized spacial score (nSPS) is 10.8. The van der Waals surface area contributed by atoms with E-state index in [1.54, 1.807) is 18.1 Å². The first-order valence-corrected chi connectivity index (χ1v) is 8.56. The standard InChI is InChI=1S/C18H19N3OS/c1-3-7-16(8-4-1)13-22-12-11-21-15-19-18(20-21)23-14-17-9-5-2-6-10-17/h1-10,15H,11-14H2. The maximum absolute atomic E-state index is 5.67. The summed E-state index contributed by atoms with van der Waals surface area (Å²) in [6.45, 7) is 1.97. The Morgan fingerprint density at radius 2 is 1.61 bits per heavy atom. The molecule has 0 atom stereocenters. The molecule has 0 spiro atoms. The fraction of sp³-hybridized carbons (Fsp3) is 0.222. The number of ether oxygens (including phenoxy) is 1. The molecule has 5 heteroatoms. The van der Waals surface area contributed by atoms with Gasteiger partial charge in [-0.1, -0.05) is 72.4 Å². The predicted octanol–water partition coefficient (Wildman–Crippen LogP) is 3.79. The number of benzene rings is 2. The zero-order valence-electron chi connectivity index (χ0n) is 12.8. The van der Waals surface area contributed by atoms with Gasteiger partial charge >= 0.3 is 0 Å². The summed E-state index contributed by atoms with van der Waals surface area (Å²) in [5.41, 5.74) is 2.46. The van der Waals surface area contributed by atoms with Crippen molar-refractivity contribution in [2.45, 2.75) is 24.1 Å². The molecule has 2 aromatic carbocycles. The van der Waals surface area contributed by atoms with Gasteiger partial charge in [-0.3, -0.25) is 0 Å². The van der Waals surface area contributed by atoms with Gasteiger partial charge in [-0.15, -0.1) is 5.10 Å². The highest BCUT2D eigenvalue weighted by Crippen LogP contribution is 2.18. The van der Waals surface area contributed by atoms with Crippen LogP contribution in [0.4, 0.5) is 0 Å². The molecule has 3 aromatic rings. The summed E-state index contributed by atoms with van der Waals surface area (Å²) in [5.74, 6) is 0.884. The van der Waals surface area contributed by atoms with Gasteiger partial charge in [-0.05, 0) is 11.1 Å². The van der Waals surface area contributed by atoms with Crippen molar-refractivity contribution in [3.05, 3.63) is 78.1 Å². The van der Waals surface area contributed by atoms with Gasteiger partial charge in [0.2, 0.25) is 5.16 Å². The van der Waals surface area contributed by atoms with E-state index in [0.29, 0.717) is 19.8 Å². The maximum atomic E-state index is 5.67. The van der Waals surface area contributed by atoms with E-state index >= 15 is 0 Å². The molecule has 118 valence electrons. The second kappa shape index (κ2) is 8.50. The Hall–Kier alpha value is -2.11. The lowest BCUT2D eigenvalue weighted by Crippen LogP contribution is -2.06. The molecule has 0 saturated carbocycles. The van der Waals surface area contributed by atoms with E-state index < -0.39 is 0 Å². The largest absolute Gasteiger partial charge is 0.375 e. The maximum Gasteiger partial charge on any atom is 0.208 e. The third kappa shape index (κ3) is 5.23. The van der Waals surface area contributed by atoms with Crippen LogP contribution in [0.25, 0.3) is 0 Å². The van der Waals surface area contributed by atoms with Gasteiger partial charge in [0.05, 0.1) is 19.8 Å². The van der Waals surface area contributed by atoms with Crippen molar-refractivity contribution < 1.29 is 4.74 Å². The molecule has 0 unspecified atom stereocenters. The Kier molecular flexibility index (Phi) is 5.83. The highest BCUT2D eigenvalue weighted by Gasteiger charge is 2.02. The summed E-state index contributed by atoms with van der Waals surface area (Å²) >= 11 is 1.65. The zero-order chi connectivity index (χ0) is 15.7. The highest BCUT2D eigenvalue weighted by atomic mass is 32.2. The third-order valence-corrected chi connectivity index (χ3v) is 4.23. The Bertz CT molecular complexity index is 701. The summed E-state index contributed by atoms with van der Waals surface area (Å²) in [4.78, 5) is 4.33. The first-order chi connectivity index (χ1) is 11.4. The van der Waals surface area contributed by atoms with Crippen LogP contribution >= 0.6 is 11.8 Å². The van der Waals surface area contributed by atoms with E-state index in [2.05, 4.69) is 34.3 Å². The Labute approximate surface area is 140 Å². The van der Waals surface area contributed by atoms with Crippen LogP contribution < -0.4 is 0 Å². The van der Waals surface area contributed by atoms with E-state index in [4.69, 9.17) is 4.74 Å². The molecule has 3 rings (SSSR count). The lowest BCUT2D eigenvalue weighted by molar-refractivity contribution is 0.110. The van der Waals surface area contributed by atoms with E-state index in [1.165, 1.54) is 11.1 Å². The second-order valence-electron chi connectivity index (χ2n) is 5.10. The van der Waals surface area contributed by atoms with Crippen molar-refractivity contribution in [1.82, 2.24) is 14.8 Å². The molecule has 0 saturated heterocycles. The molecule has 1 aromatic heterocycles. The first kappa shape index (κ1) is 15.8. The fourth-order valence-corrected chi connectivity index (χ4v) is 2.87. The lowest BCUT2D eigenvalue weighted by Gasteiger charge is -2.04. The zero-order valence-corrected chi connectivity index (χ0v) is 13.7. The number of nitrogens with zero attached hydrogens (tertiary/aromatic N) is 3. The molecule has 4 nitrogen and oxygen atoms in total. The average Bonchev–Trinajstić information content (AvgIpc) is 3.07. The summed E-state index contributed by atoms with van der Waals surface area (Å²) in [6.07, 6.45) is 1.76. The van der Waals surface area contributed by atoms with Gasteiger partial charge in [-0.25, -0.2) is 9.67 Å². The number of hydrogen-bond donors (Lipinski definition) is 0. The van der Waals surface area contributed by atoms with Crippen LogP contribution in [0.1, 0.15) is 11.1 Å². The smallest absolute Gasteiger partial charge is 0.208 e. The summed E-state index contributed by atoms with van der Waals surface area (Å²) < 4.78 is 7.50. The van der Waals surface area contributed by atoms with Gasteiger partial charge in [0, 0.05) is 5.75 Å². The van der Waals surface area contributed by atoms with Crippen LogP contribution in [0.15, 0.2) is 72.1 Å². The van der Waals surface area contributed by atoms with E-state index in [-0.39, 0.29) is 0 Å². The van der Waals surface area contributed by atoms with Crippen LogP contribution in [0.5, 0.6) is 0 Å². The SMILES string of the molecule is c1ccc(COCCn2cnc(SCc3ccccc3)n2)cc1. The van der Waals surface area contributed by atoms with Crippen LogP contribution in [-0.4, -0.2) is 21.4 Å². The molecule has 0 aliphatic rings. The van der Waals surface area contributed by atoms with Crippen molar-refractivity contribution in [3.63, 3.8) is 0 Å². The molecule has 0 N–H and O–H groups in total. The second-order valence-corrected chi connectivity index (χ2v) is 6.05. The van der Waals surface area contributed by atoms with Gasteiger partial charge in [-0.2, -0.15) is 0 Å². The number of hydrogen-bond acceptors (Lipinski definition) is 4. The monoisotopic (exact) mass is 325 g/mol. The third-order valence-electron chi connectivity index (χ3n) is 3.30. The Morgan fingerprint density at radius 1 is 0.913 bits per heavy atom. The summed E-state index contributed by atoms with van der Waals surface area (Å²) in [7, 11) is 0. The molecule has 0 aliphatic heterocycles. The van der Waals surface area contributed by atoms with Gasteiger partial charge in [0.15, 0.2) is 0 Å². The molecular formula is C18H19N3OS. The molecule has 1 heterocycles. The van der Waals surface area contributed by atoms with Crippen molar-refractivity contribution in [1.29, 1.82) is 0 Å². The number of aromatic nitrogens is 3. The topological polar surface area (TPSA) is 39.9 Å². The lowest BCUT2D eigenvalue weighted by atomic mass is 10.2. The average molecular weight is 325 g/mol. The quantitative estimate of drug-likeness (QED) is 0.467. The summed E-state index contributed by atoms with van der Waals surface area (Å²) in [5, 5.41) is 5.26. The first-order valence-electron chi connectivity index (χ1n) is 7.58. The number of thioether (sulfide) groups is 1. The van der Waals surface area contributed by atoms with Crippen molar-refractivity contribution in [3.8, 4) is 0 Å². The van der Waals surface area contributed by atoms with E-state index in [1.807, 2.05) is 41.1 Å². The fourth-order valence-electron chi connectivity index (χ4n) is 2.10. The van der Waals surface area contributed by atoms with Crippen LogP contribution in [0, 0.1) is 0 Å². The molecule has 0 bridgehead atoms. The van der Waals surface area contributed by atoms with Crippen LogP contribution in [0.3, 0.4) is 0 Å². The van der Waals surface area contributed by atoms with Crippen molar-refractivity contribution >= 4 is 11.8 Å². The molecule has 0 aliphatic carbocycles. The van der Waals surface area contributed by atoms with Gasteiger partial charge in [0.25, 0.3) is 0 Å². The minimum Gasteiger partial charge on any atom is -0.375 e. The minimum absolute atomic E-state index is 0.626. The van der Waals surface area contributed by atoms with Gasteiger partial charge < -0.3 is 4.74 Å². The van der Waals surface area contributed by atoms with Crippen molar-refractivity contribution in [2.24, 2.45) is 0 Å². The molecule has 23 heavy (non-hydrogen) atoms. The highest BCUT2D eigenvalue weighted by molar-refractivity contribution is 7.98. The molecule has 0 amide bonds. The van der Waals surface area contributed by atoms with Crippen LogP contribution in [-0.2, 0) is 23.6 Å². The molecule has 0 radical (unpaired) electrons. The van der Waals surface area contributed by atoms with E-state index in [0.717, 1.165) is 10.9 Å². The van der Waals surface area contributed by atoms with Crippen LogP contribution in [0.2, 0.25) is 0 Å². The predicted molar refractivity (Wildman–Crippen MR) is 92.1 cm³/mol. The Morgan fingerprint density at radius 3 is 2.35 bits per heavy atom. The summed E-state index contributed by atoms with van der Waals surface area (Å²) in [6, 6.07) is 20.5. The van der Waals surface area contributed by atoms with Gasteiger partial charge in [0.1, 0.15) is 6.33 Å². The van der Waals surface area contributed by atoms with Crippen molar-refractivity contribution in [2.75, 3.05) is 6.61 Å². The minimum atomic E-state index is 0.626. The number of rotatable bonds is 8.